The molecule has 1 saturated heterocycles. The van der Waals surface area contributed by atoms with E-state index in [0.717, 1.165) is 25.0 Å². The zero-order valence-electron chi connectivity index (χ0n) is 16.6. The summed E-state index contributed by atoms with van der Waals surface area (Å²) in [5.74, 6) is 0.805. The van der Waals surface area contributed by atoms with E-state index in [0.29, 0.717) is 0 Å². The molecule has 0 saturated carbocycles. The maximum absolute atomic E-state index is 8.85. The van der Waals surface area contributed by atoms with Crippen LogP contribution in [0.5, 0.6) is 0 Å². The topological polar surface area (TPSA) is 35.5 Å². The standard InChI is InChI=1S/C21H44N2O/c1-3-5-7-9-11-13-21(14-12-10-8-6-4-2)23-18-20(19-23)17-22-15-16-24/h20-22,24H,3-19H2,1-2H3. The minimum absolute atomic E-state index is 0.259. The second kappa shape index (κ2) is 15.2. The van der Waals surface area contributed by atoms with E-state index in [1.54, 1.807) is 0 Å². The summed E-state index contributed by atoms with van der Waals surface area (Å²) in [6.45, 7) is 9.22. The molecule has 24 heavy (non-hydrogen) atoms. The van der Waals surface area contributed by atoms with E-state index < -0.39 is 0 Å². The van der Waals surface area contributed by atoms with E-state index in [-0.39, 0.29) is 6.61 Å². The van der Waals surface area contributed by atoms with Crippen LogP contribution in [0.25, 0.3) is 0 Å². The van der Waals surface area contributed by atoms with Crippen molar-refractivity contribution in [3.63, 3.8) is 0 Å². The Kier molecular flexibility index (Phi) is 13.8. The third-order valence-corrected chi connectivity index (χ3v) is 5.51. The first-order valence-corrected chi connectivity index (χ1v) is 10.9. The molecule has 0 aromatic heterocycles. The Bertz CT molecular complexity index is 253. The fourth-order valence-corrected chi connectivity index (χ4v) is 3.90. The van der Waals surface area contributed by atoms with E-state index in [4.69, 9.17) is 5.11 Å². The summed E-state index contributed by atoms with van der Waals surface area (Å²) >= 11 is 0. The maximum atomic E-state index is 8.85. The van der Waals surface area contributed by atoms with Gasteiger partial charge in [0, 0.05) is 32.2 Å². The number of hydrogen-bond donors (Lipinski definition) is 2. The maximum Gasteiger partial charge on any atom is 0.0555 e. The van der Waals surface area contributed by atoms with E-state index in [1.165, 1.54) is 90.1 Å². The molecule has 0 unspecified atom stereocenters. The molecular formula is C21H44N2O. The molecule has 1 heterocycles. The summed E-state index contributed by atoms with van der Waals surface area (Å²) in [7, 11) is 0. The average Bonchev–Trinajstić information content (AvgIpc) is 2.55. The van der Waals surface area contributed by atoms with Gasteiger partial charge in [-0.1, -0.05) is 78.1 Å². The molecule has 0 aromatic carbocycles. The van der Waals surface area contributed by atoms with E-state index in [1.807, 2.05) is 0 Å². The van der Waals surface area contributed by atoms with E-state index >= 15 is 0 Å². The SMILES string of the molecule is CCCCCCCC(CCCCCCC)N1CC(CNCCO)C1. The van der Waals surface area contributed by atoms with Crippen molar-refractivity contribution in [2.75, 3.05) is 32.8 Å². The predicted molar refractivity (Wildman–Crippen MR) is 106 cm³/mol. The Labute approximate surface area is 151 Å². The predicted octanol–water partition coefficient (Wildman–Crippen LogP) is 4.59. The molecular weight excluding hydrogens is 296 g/mol. The van der Waals surface area contributed by atoms with Gasteiger partial charge >= 0.3 is 0 Å². The van der Waals surface area contributed by atoms with Gasteiger partial charge in [-0.3, -0.25) is 4.90 Å². The van der Waals surface area contributed by atoms with Gasteiger partial charge in [-0.25, -0.2) is 0 Å². The number of hydrogen-bond acceptors (Lipinski definition) is 3. The largest absolute Gasteiger partial charge is 0.395 e. The summed E-state index contributed by atoms with van der Waals surface area (Å²) < 4.78 is 0. The molecule has 3 heteroatoms. The van der Waals surface area contributed by atoms with Gasteiger partial charge in [0.25, 0.3) is 0 Å². The lowest BCUT2D eigenvalue weighted by atomic mass is 9.92. The normalized spacial score (nSPS) is 16.0. The highest BCUT2D eigenvalue weighted by Gasteiger charge is 2.31. The van der Waals surface area contributed by atoms with Gasteiger partial charge in [0.05, 0.1) is 6.61 Å². The van der Waals surface area contributed by atoms with E-state index in [2.05, 4.69) is 24.1 Å². The molecule has 0 bridgehead atoms. The second-order valence-electron chi connectivity index (χ2n) is 7.81. The van der Waals surface area contributed by atoms with Crippen molar-refractivity contribution in [1.29, 1.82) is 0 Å². The fourth-order valence-electron chi connectivity index (χ4n) is 3.90. The summed E-state index contributed by atoms with van der Waals surface area (Å²) in [6, 6.07) is 0.836. The van der Waals surface area contributed by atoms with Crippen molar-refractivity contribution in [1.82, 2.24) is 10.2 Å². The molecule has 1 rings (SSSR count). The molecule has 0 atom stereocenters. The van der Waals surface area contributed by atoms with Crippen LogP contribution in [0.3, 0.4) is 0 Å². The highest BCUT2D eigenvalue weighted by Crippen LogP contribution is 2.25. The number of rotatable bonds is 17. The van der Waals surface area contributed by atoms with Gasteiger partial charge in [-0.15, -0.1) is 0 Å². The molecule has 144 valence electrons. The molecule has 1 aliphatic rings. The lowest BCUT2D eigenvalue weighted by molar-refractivity contribution is 0.0416. The van der Waals surface area contributed by atoms with Crippen molar-refractivity contribution in [3.8, 4) is 0 Å². The second-order valence-corrected chi connectivity index (χ2v) is 7.81. The fraction of sp³-hybridized carbons (Fsp3) is 1.00. The quantitative estimate of drug-likeness (QED) is 0.380. The summed E-state index contributed by atoms with van der Waals surface area (Å²) in [5.41, 5.74) is 0. The molecule has 0 amide bonds. The lowest BCUT2D eigenvalue weighted by Crippen LogP contribution is -2.55. The van der Waals surface area contributed by atoms with E-state index in [9.17, 15) is 0 Å². The minimum Gasteiger partial charge on any atom is -0.395 e. The smallest absolute Gasteiger partial charge is 0.0555 e. The van der Waals surface area contributed by atoms with Gasteiger partial charge in [-0.05, 0) is 18.8 Å². The summed E-state index contributed by atoms with van der Waals surface area (Å²) in [5, 5.41) is 12.2. The molecule has 2 N–H and O–H groups in total. The minimum atomic E-state index is 0.259. The number of nitrogens with zero attached hydrogens (tertiary/aromatic N) is 1. The molecule has 0 aliphatic carbocycles. The van der Waals surface area contributed by atoms with Crippen LogP contribution in [0.15, 0.2) is 0 Å². The number of aliphatic hydroxyl groups excluding tert-OH is 1. The molecule has 1 aliphatic heterocycles. The third-order valence-electron chi connectivity index (χ3n) is 5.51. The van der Waals surface area contributed by atoms with Crippen molar-refractivity contribution in [2.45, 2.75) is 96.9 Å². The zero-order valence-corrected chi connectivity index (χ0v) is 16.6. The third kappa shape index (κ3) is 10.0. The van der Waals surface area contributed by atoms with Gasteiger partial charge in [0.2, 0.25) is 0 Å². The van der Waals surface area contributed by atoms with Crippen LogP contribution in [-0.2, 0) is 0 Å². The monoisotopic (exact) mass is 340 g/mol. The molecule has 1 fully saturated rings. The van der Waals surface area contributed by atoms with Crippen molar-refractivity contribution >= 4 is 0 Å². The van der Waals surface area contributed by atoms with Gasteiger partial charge < -0.3 is 10.4 Å². The Morgan fingerprint density at radius 2 is 1.42 bits per heavy atom. The summed E-state index contributed by atoms with van der Waals surface area (Å²) in [6.07, 6.45) is 16.9. The van der Waals surface area contributed by atoms with Gasteiger partial charge in [0.15, 0.2) is 0 Å². The first-order chi connectivity index (χ1) is 11.8. The van der Waals surface area contributed by atoms with Crippen LogP contribution in [0.2, 0.25) is 0 Å². The number of nitrogens with one attached hydrogen (secondary N) is 1. The number of unbranched alkanes of at least 4 members (excludes halogenated alkanes) is 8. The highest BCUT2D eigenvalue weighted by atomic mass is 16.3. The van der Waals surface area contributed by atoms with Crippen LogP contribution < -0.4 is 5.32 Å². The van der Waals surface area contributed by atoms with Gasteiger partial charge in [-0.2, -0.15) is 0 Å². The summed E-state index contributed by atoms with van der Waals surface area (Å²) in [4.78, 5) is 2.74. The Balaban J connectivity index is 2.19. The Morgan fingerprint density at radius 3 is 1.92 bits per heavy atom. The van der Waals surface area contributed by atoms with Crippen molar-refractivity contribution in [2.24, 2.45) is 5.92 Å². The van der Waals surface area contributed by atoms with Gasteiger partial charge in [0.1, 0.15) is 0 Å². The number of aliphatic hydroxyl groups is 1. The van der Waals surface area contributed by atoms with Crippen molar-refractivity contribution < 1.29 is 5.11 Å². The van der Waals surface area contributed by atoms with Crippen LogP contribution in [0, 0.1) is 5.92 Å². The van der Waals surface area contributed by atoms with Crippen LogP contribution in [-0.4, -0.2) is 48.8 Å². The average molecular weight is 341 g/mol. The van der Waals surface area contributed by atoms with Crippen LogP contribution in [0.4, 0.5) is 0 Å². The van der Waals surface area contributed by atoms with Crippen LogP contribution >= 0.6 is 0 Å². The molecule has 0 radical (unpaired) electrons. The Hall–Kier alpha value is -0.120. The zero-order chi connectivity index (χ0) is 17.5. The first kappa shape index (κ1) is 21.9. The molecule has 0 aromatic rings. The molecule has 3 nitrogen and oxygen atoms in total. The lowest BCUT2D eigenvalue weighted by Gasteiger charge is -2.45. The van der Waals surface area contributed by atoms with Crippen molar-refractivity contribution in [3.05, 3.63) is 0 Å². The highest BCUT2D eigenvalue weighted by molar-refractivity contribution is 4.86. The van der Waals surface area contributed by atoms with Crippen LogP contribution in [0.1, 0.15) is 90.9 Å². The Morgan fingerprint density at radius 1 is 0.875 bits per heavy atom. The first-order valence-electron chi connectivity index (χ1n) is 10.9. The number of likely N-dealkylation sites (tertiary alicyclic amines) is 1. The molecule has 0 spiro atoms.